The maximum Gasteiger partial charge on any atom is 0.411 e. The molecule has 1 saturated heterocycles. The molecule has 1 aliphatic rings. The lowest BCUT2D eigenvalue weighted by Gasteiger charge is -2.26. The summed E-state index contributed by atoms with van der Waals surface area (Å²) in [7, 11) is 0. The monoisotopic (exact) mass is 293 g/mol. The number of carbonyl (C=O) groups is 2. The van der Waals surface area contributed by atoms with Crippen LogP contribution >= 0.6 is 15.9 Å². The minimum Gasteiger partial charge on any atom is -0.480 e. The van der Waals surface area contributed by atoms with E-state index >= 15 is 0 Å². The number of aliphatic carboxylic acids is 1. The molecular weight excluding hydrogens is 278 g/mol. The van der Waals surface area contributed by atoms with Crippen molar-refractivity contribution >= 4 is 28.0 Å². The van der Waals surface area contributed by atoms with Gasteiger partial charge in [0, 0.05) is 11.4 Å². The van der Waals surface area contributed by atoms with Gasteiger partial charge in [0.15, 0.2) is 0 Å². The average Bonchev–Trinajstić information content (AvgIpc) is 2.44. The van der Waals surface area contributed by atoms with Crippen molar-refractivity contribution in [1.82, 2.24) is 4.90 Å². The van der Waals surface area contributed by atoms with E-state index in [1.54, 1.807) is 20.8 Å². The van der Waals surface area contributed by atoms with Gasteiger partial charge in [-0.3, -0.25) is 4.90 Å². The molecule has 1 amide bonds. The maximum atomic E-state index is 11.7. The van der Waals surface area contributed by atoms with Gasteiger partial charge in [0.2, 0.25) is 0 Å². The normalized spacial score (nSPS) is 25.6. The molecule has 0 radical (unpaired) electrons. The fourth-order valence-electron chi connectivity index (χ4n) is 1.54. The Kier molecular flexibility index (Phi) is 3.83. The fourth-order valence-corrected chi connectivity index (χ4v) is 2.21. The Labute approximate surface area is 103 Å². The molecule has 16 heavy (non-hydrogen) atoms. The third kappa shape index (κ3) is 3.37. The Hall–Kier alpha value is -0.780. The minimum atomic E-state index is -0.993. The van der Waals surface area contributed by atoms with Crippen LogP contribution in [0.1, 0.15) is 27.2 Å². The summed E-state index contributed by atoms with van der Waals surface area (Å²) in [5.74, 6) is -0.993. The van der Waals surface area contributed by atoms with Gasteiger partial charge in [-0.1, -0.05) is 15.9 Å². The number of halogens is 1. The summed E-state index contributed by atoms with van der Waals surface area (Å²) in [5.41, 5.74) is -0.607. The van der Waals surface area contributed by atoms with Crippen LogP contribution < -0.4 is 0 Å². The molecule has 0 aromatic carbocycles. The molecule has 1 aliphatic heterocycles. The Balaban J connectivity index is 2.71. The van der Waals surface area contributed by atoms with E-state index in [9.17, 15) is 9.59 Å². The zero-order chi connectivity index (χ0) is 12.5. The summed E-state index contributed by atoms with van der Waals surface area (Å²) in [6.07, 6.45) is -0.156. The molecule has 0 aliphatic carbocycles. The summed E-state index contributed by atoms with van der Waals surface area (Å²) in [6, 6.07) is -0.792. The highest BCUT2D eigenvalue weighted by Gasteiger charge is 2.40. The lowest BCUT2D eigenvalue weighted by molar-refractivity contribution is -0.142. The molecule has 2 atom stereocenters. The first-order valence-corrected chi connectivity index (χ1v) is 5.99. The molecule has 0 spiro atoms. The Morgan fingerprint density at radius 2 is 2.00 bits per heavy atom. The maximum absolute atomic E-state index is 11.7. The van der Waals surface area contributed by atoms with Crippen molar-refractivity contribution in [2.45, 2.75) is 43.7 Å². The van der Waals surface area contributed by atoms with Crippen molar-refractivity contribution < 1.29 is 19.4 Å². The Morgan fingerprint density at radius 3 is 2.44 bits per heavy atom. The summed E-state index contributed by atoms with van der Waals surface area (Å²) in [5, 5.41) is 8.98. The number of ether oxygens (including phenoxy) is 1. The van der Waals surface area contributed by atoms with Gasteiger partial charge in [-0.15, -0.1) is 0 Å². The first-order valence-electron chi connectivity index (χ1n) is 5.07. The van der Waals surface area contributed by atoms with Crippen molar-refractivity contribution in [3.8, 4) is 0 Å². The number of hydrogen-bond donors (Lipinski definition) is 1. The van der Waals surface area contributed by atoms with Crippen molar-refractivity contribution in [1.29, 1.82) is 0 Å². The third-order valence-corrected chi connectivity index (χ3v) is 2.83. The van der Waals surface area contributed by atoms with E-state index in [0.717, 1.165) is 0 Å². The van der Waals surface area contributed by atoms with Crippen molar-refractivity contribution in [2.75, 3.05) is 6.54 Å². The zero-order valence-corrected chi connectivity index (χ0v) is 11.2. The summed E-state index contributed by atoms with van der Waals surface area (Å²) < 4.78 is 5.15. The van der Waals surface area contributed by atoms with Crippen LogP contribution in [0, 0.1) is 0 Å². The van der Waals surface area contributed by atoms with Crippen LogP contribution in [0.3, 0.4) is 0 Å². The predicted molar refractivity (Wildman–Crippen MR) is 61.7 cm³/mol. The lowest BCUT2D eigenvalue weighted by atomic mass is 10.2. The highest BCUT2D eigenvalue weighted by atomic mass is 79.9. The van der Waals surface area contributed by atoms with Gasteiger partial charge >= 0.3 is 12.1 Å². The van der Waals surface area contributed by atoms with Crippen LogP contribution in [-0.4, -0.2) is 45.1 Å². The van der Waals surface area contributed by atoms with Gasteiger partial charge in [-0.2, -0.15) is 0 Å². The SMILES string of the molecule is CC(C)(C)OC(=O)N1C[C@H](Br)C[C@H]1C(=O)O. The second-order valence-corrected chi connectivity index (χ2v) is 6.11. The van der Waals surface area contributed by atoms with Crippen molar-refractivity contribution in [3.63, 3.8) is 0 Å². The van der Waals surface area contributed by atoms with Crippen molar-refractivity contribution in [3.05, 3.63) is 0 Å². The molecule has 1 fully saturated rings. The van der Waals surface area contributed by atoms with E-state index in [4.69, 9.17) is 9.84 Å². The number of carboxylic acids is 1. The Bertz CT molecular complexity index is 300. The first-order chi connectivity index (χ1) is 7.20. The number of amides is 1. The molecule has 0 saturated carbocycles. The number of carbonyl (C=O) groups excluding carboxylic acids is 1. The second-order valence-electron chi connectivity index (χ2n) is 4.82. The molecule has 1 heterocycles. The molecule has 0 aromatic rings. The Morgan fingerprint density at radius 1 is 1.44 bits per heavy atom. The van der Waals surface area contributed by atoms with Gasteiger partial charge in [-0.05, 0) is 27.2 Å². The summed E-state index contributed by atoms with van der Waals surface area (Å²) >= 11 is 3.32. The van der Waals surface area contributed by atoms with Gasteiger partial charge in [0.1, 0.15) is 11.6 Å². The van der Waals surface area contributed by atoms with E-state index < -0.39 is 23.7 Å². The van der Waals surface area contributed by atoms with Crippen LogP contribution in [0.15, 0.2) is 0 Å². The number of hydrogen-bond acceptors (Lipinski definition) is 3. The number of likely N-dealkylation sites (tertiary alicyclic amines) is 1. The van der Waals surface area contributed by atoms with E-state index in [0.29, 0.717) is 13.0 Å². The zero-order valence-electron chi connectivity index (χ0n) is 9.57. The molecular formula is C10H16BrNO4. The number of carboxylic acid groups (broad SMARTS) is 1. The van der Waals surface area contributed by atoms with E-state index in [2.05, 4.69) is 15.9 Å². The van der Waals surface area contributed by atoms with Gasteiger partial charge < -0.3 is 9.84 Å². The second kappa shape index (κ2) is 4.61. The summed E-state index contributed by atoms with van der Waals surface area (Å²) in [6.45, 7) is 5.62. The lowest BCUT2D eigenvalue weighted by Crippen LogP contribution is -2.43. The van der Waals surface area contributed by atoms with Gasteiger partial charge in [0.25, 0.3) is 0 Å². The third-order valence-electron chi connectivity index (χ3n) is 2.16. The van der Waals surface area contributed by atoms with Crippen molar-refractivity contribution in [2.24, 2.45) is 0 Å². The molecule has 0 aromatic heterocycles. The standard InChI is InChI=1S/C10H16BrNO4/c1-10(2,3)16-9(15)12-5-6(11)4-7(12)8(13)14/h6-7H,4-5H2,1-3H3,(H,13,14)/t6-,7+/m1/s1. The smallest absolute Gasteiger partial charge is 0.411 e. The molecule has 5 nitrogen and oxygen atoms in total. The predicted octanol–water partition coefficient (Wildman–Crippen LogP) is 1.84. The number of alkyl halides is 1. The van der Waals surface area contributed by atoms with E-state index in [-0.39, 0.29) is 4.83 Å². The van der Waals surface area contributed by atoms with E-state index in [1.807, 2.05) is 0 Å². The number of nitrogens with zero attached hydrogens (tertiary/aromatic N) is 1. The average molecular weight is 294 g/mol. The molecule has 0 unspecified atom stereocenters. The minimum absolute atomic E-state index is 0.0149. The van der Waals surface area contributed by atoms with Gasteiger partial charge in [-0.25, -0.2) is 9.59 Å². The molecule has 6 heteroatoms. The van der Waals surface area contributed by atoms with Crippen LogP contribution in [-0.2, 0) is 9.53 Å². The summed E-state index contributed by atoms with van der Waals surface area (Å²) in [4.78, 5) is 24.0. The van der Waals surface area contributed by atoms with Crippen LogP contribution in [0.2, 0.25) is 0 Å². The highest BCUT2D eigenvalue weighted by Crippen LogP contribution is 2.25. The number of rotatable bonds is 1. The van der Waals surface area contributed by atoms with Crippen LogP contribution in [0.25, 0.3) is 0 Å². The molecule has 1 N–H and O–H groups in total. The highest BCUT2D eigenvalue weighted by molar-refractivity contribution is 9.09. The molecule has 92 valence electrons. The fraction of sp³-hybridized carbons (Fsp3) is 0.800. The molecule has 1 rings (SSSR count). The van der Waals surface area contributed by atoms with Crippen LogP contribution in [0.5, 0.6) is 0 Å². The quantitative estimate of drug-likeness (QED) is 0.749. The topological polar surface area (TPSA) is 66.8 Å². The van der Waals surface area contributed by atoms with E-state index in [1.165, 1.54) is 4.90 Å². The first kappa shape index (κ1) is 13.3. The van der Waals surface area contributed by atoms with Crippen LogP contribution in [0.4, 0.5) is 4.79 Å². The van der Waals surface area contributed by atoms with Gasteiger partial charge in [0.05, 0.1) is 0 Å². The largest absolute Gasteiger partial charge is 0.480 e. The molecule has 0 bridgehead atoms.